The molecule has 2 saturated carbocycles. The quantitative estimate of drug-likeness (QED) is 0.195. The molecular weight excluding hydrogens is 376 g/mol. The highest BCUT2D eigenvalue weighted by Gasteiger charge is 2.30. The van der Waals surface area contributed by atoms with Gasteiger partial charge in [-0.05, 0) is 62.7 Å². The minimum Gasteiger partial charge on any atom is -0.378 e. The smallest absolute Gasteiger partial charge is 0.0575 e. The van der Waals surface area contributed by atoms with Crippen LogP contribution in [0.3, 0.4) is 0 Å². The molecule has 0 aromatic carbocycles. The molecule has 0 radical (unpaired) electrons. The molecule has 0 heterocycles. The largest absolute Gasteiger partial charge is 0.378 e. The van der Waals surface area contributed by atoms with Crippen LogP contribution in [0.25, 0.3) is 0 Å². The molecule has 0 aliphatic heterocycles. The van der Waals surface area contributed by atoms with Crippen LogP contribution in [0.5, 0.6) is 0 Å². The Morgan fingerprint density at radius 1 is 0.484 bits per heavy atom. The minimum absolute atomic E-state index is 0.588. The van der Waals surface area contributed by atoms with Crippen LogP contribution >= 0.6 is 0 Å². The fraction of sp³-hybridized carbons (Fsp3) is 1.00. The molecule has 0 bridgehead atoms. The molecule has 0 amide bonds. The molecule has 184 valence electrons. The number of unbranched alkanes of at least 4 members (excludes halogenated alkanes) is 12. The fourth-order valence-corrected chi connectivity index (χ4v) is 6.37. The first kappa shape index (κ1) is 27.2. The zero-order valence-electron chi connectivity index (χ0n) is 21.7. The van der Waals surface area contributed by atoms with Crippen LogP contribution in [0, 0.1) is 17.8 Å². The summed E-state index contributed by atoms with van der Waals surface area (Å²) in [7, 11) is 0. The summed E-state index contributed by atoms with van der Waals surface area (Å²) in [6.07, 6.45) is 33.8. The Morgan fingerprint density at radius 3 is 1.48 bits per heavy atom. The van der Waals surface area contributed by atoms with Gasteiger partial charge in [-0.3, -0.25) is 0 Å². The van der Waals surface area contributed by atoms with Gasteiger partial charge in [-0.15, -0.1) is 0 Å². The summed E-state index contributed by atoms with van der Waals surface area (Å²) in [6, 6.07) is 0. The standard InChI is InChI=1S/C30H58O/c1-3-5-7-9-11-13-15-17-27-18-20-28(21-19-27)29-22-24-30(25-23-29)31-26-16-14-12-10-8-6-4-2/h27-30H,3-26H2,1-2H3/t27-,28-,29-,30-. The Balaban J connectivity index is 1.42. The first-order valence-electron chi connectivity index (χ1n) is 14.9. The highest BCUT2D eigenvalue weighted by Crippen LogP contribution is 2.41. The van der Waals surface area contributed by atoms with E-state index < -0.39 is 0 Å². The van der Waals surface area contributed by atoms with E-state index in [0.29, 0.717) is 6.10 Å². The maximum Gasteiger partial charge on any atom is 0.0575 e. The van der Waals surface area contributed by atoms with Gasteiger partial charge in [0.15, 0.2) is 0 Å². The predicted molar refractivity (Wildman–Crippen MR) is 138 cm³/mol. The second-order valence-electron chi connectivity index (χ2n) is 11.2. The molecule has 1 nitrogen and oxygen atoms in total. The Morgan fingerprint density at radius 2 is 0.935 bits per heavy atom. The topological polar surface area (TPSA) is 9.23 Å². The van der Waals surface area contributed by atoms with Crippen molar-refractivity contribution >= 4 is 0 Å². The van der Waals surface area contributed by atoms with E-state index in [1.807, 2.05) is 0 Å². The van der Waals surface area contributed by atoms with Gasteiger partial charge >= 0.3 is 0 Å². The van der Waals surface area contributed by atoms with Gasteiger partial charge in [-0.25, -0.2) is 0 Å². The van der Waals surface area contributed by atoms with Gasteiger partial charge in [0, 0.05) is 6.61 Å². The Bertz CT molecular complexity index is 376. The van der Waals surface area contributed by atoms with E-state index in [4.69, 9.17) is 4.74 Å². The highest BCUT2D eigenvalue weighted by atomic mass is 16.5. The van der Waals surface area contributed by atoms with Crippen molar-refractivity contribution in [2.45, 2.75) is 168 Å². The van der Waals surface area contributed by atoms with E-state index in [9.17, 15) is 0 Å². The third-order valence-electron chi connectivity index (χ3n) is 8.59. The van der Waals surface area contributed by atoms with E-state index in [0.717, 1.165) is 24.4 Å². The average Bonchev–Trinajstić information content (AvgIpc) is 2.81. The second-order valence-corrected chi connectivity index (χ2v) is 11.2. The molecule has 2 rings (SSSR count). The number of hydrogen-bond acceptors (Lipinski definition) is 1. The van der Waals surface area contributed by atoms with E-state index in [2.05, 4.69) is 13.8 Å². The number of rotatable bonds is 18. The van der Waals surface area contributed by atoms with Crippen molar-refractivity contribution in [1.29, 1.82) is 0 Å². The average molecular weight is 435 g/mol. The Hall–Kier alpha value is -0.0400. The van der Waals surface area contributed by atoms with Crippen molar-refractivity contribution in [3.05, 3.63) is 0 Å². The van der Waals surface area contributed by atoms with Gasteiger partial charge in [0.2, 0.25) is 0 Å². The Labute approximate surface area is 196 Å². The molecule has 2 fully saturated rings. The van der Waals surface area contributed by atoms with E-state index in [1.165, 1.54) is 148 Å². The zero-order chi connectivity index (χ0) is 22.0. The lowest BCUT2D eigenvalue weighted by Crippen LogP contribution is -2.28. The summed E-state index contributed by atoms with van der Waals surface area (Å²) in [6.45, 7) is 5.63. The summed E-state index contributed by atoms with van der Waals surface area (Å²) in [4.78, 5) is 0. The van der Waals surface area contributed by atoms with Gasteiger partial charge in [-0.2, -0.15) is 0 Å². The summed E-state index contributed by atoms with van der Waals surface area (Å²) in [5.41, 5.74) is 0. The van der Waals surface area contributed by atoms with E-state index in [-0.39, 0.29) is 0 Å². The molecule has 1 heteroatoms. The maximum atomic E-state index is 6.25. The monoisotopic (exact) mass is 434 g/mol. The summed E-state index contributed by atoms with van der Waals surface area (Å²) in [5.74, 6) is 3.14. The lowest BCUT2D eigenvalue weighted by atomic mass is 9.70. The molecule has 0 atom stereocenters. The lowest BCUT2D eigenvalue weighted by molar-refractivity contribution is 0.00526. The van der Waals surface area contributed by atoms with Gasteiger partial charge < -0.3 is 4.74 Å². The molecule has 0 saturated heterocycles. The van der Waals surface area contributed by atoms with Crippen molar-refractivity contribution in [2.24, 2.45) is 17.8 Å². The van der Waals surface area contributed by atoms with Gasteiger partial charge in [-0.1, -0.05) is 117 Å². The van der Waals surface area contributed by atoms with Crippen LogP contribution in [-0.4, -0.2) is 12.7 Å². The maximum absolute atomic E-state index is 6.25. The van der Waals surface area contributed by atoms with Crippen LogP contribution in [0.15, 0.2) is 0 Å². The van der Waals surface area contributed by atoms with Gasteiger partial charge in [0.1, 0.15) is 0 Å². The molecule has 31 heavy (non-hydrogen) atoms. The minimum atomic E-state index is 0.588. The van der Waals surface area contributed by atoms with Crippen LogP contribution in [0.2, 0.25) is 0 Å². The van der Waals surface area contributed by atoms with Crippen LogP contribution in [-0.2, 0) is 4.74 Å². The zero-order valence-corrected chi connectivity index (χ0v) is 21.7. The molecule has 0 aromatic heterocycles. The summed E-state index contributed by atoms with van der Waals surface area (Å²) < 4.78 is 6.25. The Kier molecular flexibility index (Phi) is 16.1. The van der Waals surface area contributed by atoms with Crippen molar-refractivity contribution in [3.63, 3.8) is 0 Å². The SMILES string of the molecule is CCCCCCCCCO[C@H]1CC[C@H]([C@H]2CC[C@H](CCCCCCCCC)CC2)CC1. The van der Waals surface area contributed by atoms with Crippen LogP contribution in [0.1, 0.15) is 162 Å². The first-order valence-corrected chi connectivity index (χ1v) is 14.9. The van der Waals surface area contributed by atoms with Crippen molar-refractivity contribution in [3.8, 4) is 0 Å². The van der Waals surface area contributed by atoms with Crippen molar-refractivity contribution in [2.75, 3.05) is 6.61 Å². The number of ether oxygens (including phenoxy) is 1. The highest BCUT2D eigenvalue weighted by molar-refractivity contribution is 4.82. The van der Waals surface area contributed by atoms with E-state index >= 15 is 0 Å². The molecule has 0 spiro atoms. The third kappa shape index (κ3) is 12.7. The molecule has 2 aliphatic rings. The fourth-order valence-electron chi connectivity index (χ4n) is 6.37. The normalized spacial score (nSPS) is 26.9. The second kappa shape index (κ2) is 18.4. The van der Waals surface area contributed by atoms with Gasteiger partial charge in [0.05, 0.1) is 6.10 Å². The lowest BCUT2D eigenvalue weighted by Gasteiger charge is -2.38. The number of hydrogen-bond donors (Lipinski definition) is 0. The van der Waals surface area contributed by atoms with E-state index in [1.54, 1.807) is 0 Å². The van der Waals surface area contributed by atoms with Crippen molar-refractivity contribution < 1.29 is 4.74 Å². The summed E-state index contributed by atoms with van der Waals surface area (Å²) >= 11 is 0. The predicted octanol–water partition coefficient (Wildman–Crippen LogP) is 10.3. The molecule has 0 N–H and O–H groups in total. The molecule has 0 aromatic rings. The molecule has 2 aliphatic carbocycles. The first-order chi connectivity index (χ1) is 15.3. The molecular formula is C30H58O. The van der Waals surface area contributed by atoms with Crippen LogP contribution < -0.4 is 0 Å². The summed E-state index contributed by atoms with van der Waals surface area (Å²) in [5, 5.41) is 0. The third-order valence-corrected chi connectivity index (χ3v) is 8.59. The van der Waals surface area contributed by atoms with Crippen molar-refractivity contribution in [1.82, 2.24) is 0 Å². The van der Waals surface area contributed by atoms with Crippen LogP contribution in [0.4, 0.5) is 0 Å². The molecule has 0 unspecified atom stereocenters. The van der Waals surface area contributed by atoms with Gasteiger partial charge in [0.25, 0.3) is 0 Å².